The van der Waals surface area contributed by atoms with Gasteiger partial charge in [-0.25, -0.2) is 19.5 Å². The Balaban J connectivity index is 0.000000867. The molecule has 4 aromatic rings. The van der Waals surface area contributed by atoms with E-state index in [1.807, 2.05) is 57.3 Å². The van der Waals surface area contributed by atoms with Gasteiger partial charge in [-0.2, -0.15) is 18.4 Å². The highest BCUT2D eigenvalue weighted by atomic mass is 19.4. The molecule has 0 unspecified atom stereocenters. The molecule has 2 fully saturated rings. The molecule has 6 rings (SSSR count). The molecule has 1 atom stereocenters. The molecule has 1 aliphatic heterocycles. The van der Waals surface area contributed by atoms with Crippen molar-refractivity contribution in [3.05, 3.63) is 72.4 Å². The summed E-state index contributed by atoms with van der Waals surface area (Å²) in [6, 6.07) is 17.9. The summed E-state index contributed by atoms with van der Waals surface area (Å²) >= 11 is 0. The number of morpholine rings is 1. The number of hydrogen-bond donors (Lipinski definition) is 4. The molecule has 316 valence electrons. The number of pyridine rings is 1. The van der Waals surface area contributed by atoms with Crippen LogP contribution >= 0.6 is 0 Å². The van der Waals surface area contributed by atoms with E-state index in [2.05, 4.69) is 41.9 Å². The van der Waals surface area contributed by atoms with Crippen LogP contribution in [-0.4, -0.2) is 105 Å². The lowest BCUT2D eigenvalue weighted by molar-refractivity contribution is -0.192. The number of imide groups is 1. The van der Waals surface area contributed by atoms with Crippen LogP contribution in [0.2, 0.25) is 0 Å². The molecule has 1 saturated carbocycles. The minimum absolute atomic E-state index is 0.207. The van der Waals surface area contributed by atoms with Gasteiger partial charge < -0.3 is 30.5 Å². The standard InChI is InChI=1S/C38H47N9O5.C2HF3O2/c1-38(2,3)52-37(50)41-23-26-6-10-29(11-7-26)35(48)47(31-15-12-28(13-16-31)34-42-44-45-43-34)36(49)32(39)22-25-4-8-27(9-5-25)30-14-17-33(40-24-30)46-18-20-51-21-19-46;3-2(4,5)1(6)7/h4-5,8-9,12-17,24,26,29,32H,6-7,10-11,18-23,39H2,1-3H3,(H,41,50)(H,42,43,44,45);(H,6,7)/t26-,29-,32-;/m0./s1. The number of halogens is 3. The molecule has 0 radical (unpaired) electrons. The quantitative estimate of drug-likeness (QED) is 0.163. The predicted molar refractivity (Wildman–Crippen MR) is 210 cm³/mol. The van der Waals surface area contributed by atoms with Gasteiger partial charge in [-0.3, -0.25) is 9.59 Å². The number of alkyl halides is 3. The smallest absolute Gasteiger partial charge is 0.475 e. The fourth-order valence-corrected chi connectivity index (χ4v) is 6.62. The maximum Gasteiger partial charge on any atom is 0.490 e. The van der Waals surface area contributed by atoms with Crippen LogP contribution in [0.25, 0.3) is 22.5 Å². The first-order valence-corrected chi connectivity index (χ1v) is 19.1. The average Bonchev–Trinajstić information content (AvgIpc) is 3.76. The van der Waals surface area contributed by atoms with Gasteiger partial charge in [0.2, 0.25) is 11.7 Å². The highest BCUT2D eigenvalue weighted by molar-refractivity contribution is 6.17. The molecule has 5 N–H and O–H groups in total. The van der Waals surface area contributed by atoms with Crippen LogP contribution in [0, 0.1) is 11.8 Å². The van der Waals surface area contributed by atoms with Crippen molar-refractivity contribution in [1.82, 2.24) is 30.9 Å². The highest BCUT2D eigenvalue weighted by Gasteiger charge is 2.38. The average molecular weight is 824 g/mol. The largest absolute Gasteiger partial charge is 0.490 e. The molecule has 3 amide bonds. The molecule has 1 saturated heterocycles. The lowest BCUT2D eigenvalue weighted by Crippen LogP contribution is -2.50. The van der Waals surface area contributed by atoms with E-state index in [4.69, 9.17) is 25.1 Å². The van der Waals surface area contributed by atoms with E-state index in [-0.39, 0.29) is 24.2 Å². The Labute approximate surface area is 338 Å². The molecular weight excluding hydrogens is 775 g/mol. The second kappa shape index (κ2) is 19.7. The number of carbonyl (C=O) groups is 4. The number of benzene rings is 2. The third-order valence-corrected chi connectivity index (χ3v) is 9.69. The van der Waals surface area contributed by atoms with Gasteiger partial charge in [0.05, 0.1) is 24.9 Å². The van der Waals surface area contributed by atoms with Crippen molar-refractivity contribution in [3.63, 3.8) is 0 Å². The Morgan fingerprint density at radius 3 is 2.10 bits per heavy atom. The zero-order chi connectivity index (χ0) is 42.7. The molecule has 59 heavy (non-hydrogen) atoms. The zero-order valence-corrected chi connectivity index (χ0v) is 32.9. The number of aromatic amines is 1. The lowest BCUT2D eigenvalue weighted by Gasteiger charge is -2.32. The number of aliphatic carboxylic acids is 1. The van der Waals surface area contributed by atoms with Gasteiger partial charge in [0.25, 0.3) is 5.91 Å². The van der Waals surface area contributed by atoms with Gasteiger partial charge >= 0.3 is 18.2 Å². The second-order valence-corrected chi connectivity index (χ2v) is 15.2. The summed E-state index contributed by atoms with van der Waals surface area (Å²) in [5.74, 6) is -2.34. The van der Waals surface area contributed by atoms with Gasteiger partial charge in [-0.1, -0.05) is 24.3 Å². The number of aromatic nitrogens is 5. The van der Waals surface area contributed by atoms with Gasteiger partial charge in [-0.05, 0) is 112 Å². The van der Waals surface area contributed by atoms with Crippen molar-refractivity contribution < 1.29 is 46.9 Å². The van der Waals surface area contributed by atoms with Crippen LogP contribution in [0.5, 0.6) is 0 Å². The fourth-order valence-electron chi connectivity index (χ4n) is 6.62. The van der Waals surface area contributed by atoms with Crippen molar-refractivity contribution >= 4 is 35.4 Å². The first-order valence-electron chi connectivity index (χ1n) is 19.1. The number of amides is 3. The van der Waals surface area contributed by atoms with E-state index < -0.39 is 35.8 Å². The van der Waals surface area contributed by atoms with Crippen molar-refractivity contribution in [2.75, 3.05) is 42.6 Å². The highest BCUT2D eigenvalue weighted by Crippen LogP contribution is 2.32. The molecule has 2 aromatic heterocycles. The van der Waals surface area contributed by atoms with Crippen molar-refractivity contribution in [1.29, 1.82) is 0 Å². The maximum absolute atomic E-state index is 14.2. The summed E-state index contributed by atoms with van der Waals surface area (Å²) in [5.41, 5.74) is 9.98. The first kappa shape index (κ1) is 44.2. The Morgan fingerprint density at radius 2 is 1.56 bits per heavy atom. The van der Waals surface area contributed by atoms with Crippen LogP contribution < -0.4 is 20.9 Å². The monoisotopic (exact) mass is 823 g/mol. The van der Waals surface area contributed by atoms with E-state index in [9.17, 15) is 27.6 Å². The van der Waals surface area contributed by atoms with E-state index >= 15 is 0 Å². The van der Waals surface area contributed by atoms with Crippen LogP contribution in [0.15, 0.2) is 66.9 Å². The number of hydrogen-bond acceptors (Lipinski definition) is 12. The van der Waals surface area contributed by atoms with Crippen molar-refractivity contribution in [2.45, 2.75) is 70.7 Å². The first-order chi connectivity index (χ1) is 28.0. The number of rotatable bonds is 10. The van der Waals surface area contributed by atoms with Gasteiger partial charge in [0, 0.05) is 42.9 Å². The third-order valence-electron chi connectivity index (χ3n) is 9.69. The molecule has 1 aliphatic carbocycles. The molecule has 0 spiro atoms. The molecule has 19 heteroatoms. The van der Waals surface area contributed by atoms with Crippen LogP contribution in [0.4, 0.5) is 29.5 Å². The number of tetrazole rings is 1. The summed E-state index contributed by atoms with van der Waals surface area (Å²) in [7, 11) is 0. The Hall–Kier alpha value is -5.95. The predicted octanol–water partition coefficient (Wildman–Crippen LogP) is 5.16. The van der Waals surface area contributed by atoms with E-state index in [0.717, 1.165) is 48.4 Å². The van der Waals surface area contributed by atoms with Crippen LogP contribution in [0.3, 0.4) is 0 Å². The third kappa shape index (κ3) is 12.8. The minimum Gasteiger partial charge on any atom is -0.475 e. The number of carbonyl (C=O) groups excluding carboxylic acids is 3. The molecule has 2 aromatic carbocycles. The normalized spacial score (nSPS) is 17.5. The minimum atomic E-state index is -5.08. The number of anilines is 2. The summed E-state index contributed by atoms with van der Waals surface area (Å²) in [5, 5.41) is 24.1. The van der Waals surface area contributed by atoms with Crippen LogP contribution in [0.1, 0.15) is 52.0 Å². The number of carboxylic acids is 1. The van der Waals surface area contributed by atoms with Crippen molar-refractivity contribution in [2.24, 2.45) is 17.6 Å². The topological polar surface area (TPSA) is 219 Å². The molecule has 3 heterocycles. The number of nitrogens with one attached hydrogen (secondary N) is 2. The van der Waals surface area contributed by atoms with Crippen LogP contribution in [-0.2, 0) is 30.3 Å². The molecular formula is C40H48F3N9O7. The number of nitrogens with two attached hydrogens (primary N) is 1. The van der Waals surface area contributed by atoms with E-state index in [1.54, 1.807) is 24.3 Å². The molecule has 0 bridgehead atoms. The second-order valence-electron chi connectivity index (χ2n) is 15.2. The number of ether oxygens (including phenoxy) is 2. The molecule has 2 aliphatic rings. The number of carboxylic acid groups (broad SMARTS) is 1. The van der Waals surface area contributed by atoms with Gasteiger partial charge in [0.1, 0.15) is 11.4 Å². The molecule has 16 nitrogen and oxygen atoms in total. The lowest BCUT2D eigenvalue weighted by atomic mass is 9.81. The van der Waals surface area contributed by atoms with Crippen molar-refractivity contribution in [3.8, 4) is 22.5 Å². The van der Waals surface area contributed by atoms with E-state index in [0.29, 0.717) is 49.7 Å². The number of H-pyrrole nitrogens is 1. The number of alkyl carbamates (subject to hydrolysis) is 1. The SMILES string of the molecule is CC(C)(C)OC(=O)NC[C@H]1CC[C@H](C(=O)N(C(=O)[C@@H](N)Cc2ccc(-c3ccc(N4CCOCC4)nc3)cc2)c2ccc(-c3nn[nH]n3)cc2)CC1.O=C(O)C(F)(F)F. The summed E-state index contributed by atoms with van der Waals surface area (Å²) in [4.78, 5) is 57.5. The summed E-state index contributed by atoms with van der Waals surface area (Å²) in [6.07, 6.45) is -0.782. The summed E-state index contributed by atoms with van der Waals surface area (Å²) in [6.45, 7) is 8.98. The zero-order valence-electron chi connectivity index (χ0n) is 32.9. The van der Waals surface area contributed by atoms with E-state index in [1.165, 1.54) is 4.90 Å². The Kier molecular flexibility index (Phi) is 14.7. The maximum atomic E-state index is 14.2. The number of nitrogens with zero attached hydrogens (tertiary/aromatic N) is 6. The summed E-state index contributed by atoms with van der Waals surface area (Å²) < 4.78 is 42.5. The Morgan fingerprint density at radius 1 is 0.949 bits per heavy atom. The van der Waals surface area contributed by atoms with Gasteiger partial charge in [0.15, 0.2) is 0 Å². The Bertz CT molecular complexity index is 2000. The van der Waals surface area contributed by atoms with Gasteiger partial charge in [-0.15, -0.1) is 10.2 Å². The fraction of sp³-hybridized carbons (Fsp3) is 0.450.